The molecule has 2 rings (SSSR count). The highest BCUT2D eigenvalue weighted by Gasteiger charge is 2.17. The number of thioether (sulfide) groups is 1. The number of Topliss-reactive ketones (excluding diaryl/α,β-unsaturated/α-hetero) is 1. The van der Waals surface area contributed by atoms with E-state index in [1.165, 1.54) is 18.7 Å². The van der Waals surface area contributed by atoms with Crippen LogP contribution in [0.4, 0.5) is 0 Å². The molecule has 1 atom stereocenters. The molecule has 5 heteroatoms. The third kappa shape index (κ3) is 5.39. The number of benzene rings is 2. The standard InChI is InChI=1S/C19H20ClNO2S/c1-13(24-18-6-4-3-5-17(18)20)19(23)16-9-7-15(8-10-16)11-12-21-14(2)22/h3-10,13H,11-12H2,1-2H3,(H,21,22). The Bertz CT molecular complexity index is 716. The lowest BCUT2D eigenvalue weighted by Gasteiger charge is -2.12. The quantitative estimate of drug-likeness (QED) is 0.588. The van der Waals surface area contributed by atoms with Crippen molar-refractivity contribution in [3.63, 3.8) is 0 Å². The molecular formula is C19H20ClNO2S. The van der Waals surface area contributed by atoms with Gasteiger partial charge < -0.3 is 5.32 Å². The first-order chi connectivity index (χ1) is 11.5. The highest BCUT2D eigenvalue weighted by atomic mass is 35.5. The maximum absolute atomic E-state index is 12.6. The SMILES string of the molecule is CC(=O)NCCc1ccc(C(=O)C(C)Sc2ccccc2Cl)cc1. The first kappa shape index (κ1) is 18.6. The van der Waals surface area contributed by atoms with Crippen LogP contribution in [0, 0.1) is 0 Å². The Labute approximate surface area is 151 Å². The largest absolute Gasteiger partial charge is 0.356 e. The number of halogens is 1. The van der Waals surface area contributed by atoms with E-state index in [9.17, 15) is 9.59 Å². The van der Waals surface area contributed by atoms with Crippen LogP contribution in [-0.2, 0) is 11.2 Å². The molecule has 2 aromatic rings. The summed E-state index contributed by atoms with van der Waals surface area (Å²) in [5.41, 5.74) is 1.78. The summed E-state index contributed by atoms with van der Waals surface area (Å²) in [6, 6.07) is 15.1. The number of rotatable bonds is 7. The summed E-state index contributed by atoms with van der Waals surface area (Å²) in [4.78, 5) is 24.3. The molecule has 0 fully saturated rings. The molecule has 0 aliphatic rings. The van der Waals surface area contributed by atoms with Crippen molar-refractivity contribution < 1.29 is 9.59 Å². The fourth-order valence-corrected chi connectivity index (χ4v) is 3.47. The summed E-state index contributed by atoms with van der Waals surface area (Å²) >= 11 is 7.61. The number of hydrogen-bond acceptors (Lipinski definition) is 3. The van der Waals surface area contributed by atoms with Crippen LogP contribution in [-0.4, -0.2) is 23.5 Å². The first-order valence-electron chi connectivity index (χ1n) is 7.76. The summed E-state index contributed by atoms with van der Waals surface area (Å²) in [5.74, 6) is 0.0422. The Kier molecular flexibility index (Phi) is 6.88. The summed E-state index contributed by atoms with van der Waals surface area (Å²) in [6.45, 7) is 3.99. The number of ketones is 1. The van der Waals surface area contributed by atoms with Crippen LogP contribution in [0.5, 0.6) is 0 Å². The van der Waals surface area contributed by atoms with Gasteiger partial charge in [0.25, 0.3) is 0 Å². The number of carbonyl (C=O) groups is 2. The molecular weight excluding hydrogens is 342 g/mol. The van der Waals surface area contributed by atoms with Crippen LogP contribution in [0.3, 0.4) is 0 Å². The van der Waals surface area contributed by atoms with Crippen LogP contribution in [0.2, 0.25) is 5.02 Å². The third-order valence-electron chi connectivity index (χ3n) is 3.54. The van der Waals surface area contributed by atoms with E-state index in [0.29, 0.717) is 17.1 Å². The van der Waals surface area contributed by atoms with Crippen LogP contribution in [0.25, 0.3) is 0 Å². The van der Waals surface area contributed by atoms with Crippen molar-refractivity contribution in [2.75, 3.05) is 6.54 Å². The molecule has 0 aliphatic carbocycles. The number of amides is 1. The van der Waals surface area contributed by atoms with Gasteiger partial charge in [0.05, 0.1) is 10.3 Å². The molecule has 0 saturated carbocycles. The lowest BCUT2D eigenvalue weighted by molar-refractivity contribution is -0.118. The van der Waals surface area contributed by atoms with Crippen molar-refractivity contribution in [2.45, 2.75) is 30.4 Å². The highest BCUT2D eigenvalue weighted by Crippen LogP contribution is 2.31. The molecule has 0 radical (unpaired) electrons. The second kappa shape index (κ2) is 8.90. The second-order valence-electron chi connectivity index (χ2n) is 5.48. The van der Waals surface area contributed by atoms with Gasteiger partial charge in [-0.25, -0.2) is 0 Å². The summed E-state index contributed by atoms with van der Waals surface area (Å²) in [6.07, 6.45) is 0.748. The molecule has 1 amide bonds. The van der Waals surface area contributed by atoms with Gasteiger partial charge in [0, 0.05) is 23.9 Å². The fraction of sp³-hybridized carbons (Fsp3) is 0.263. The average Bonchev–Trinajstić information content (AvgIpc) is 2.56. The van der Waals surface area contributed by atoms with E-state index in [-0.39, 0.29) is 16.9 Å². The maximum atomic E-state index is 12.6. The van der Waals surface area contributed by atoms with Gasteiger partial charge in [-0.15, -0.1) is 11.8 Å². The lowest BCUT2D eigenvalue weighted by atomic mass is 10.0. The molecule has 2 aromatic carbocycles. The second-order valence-corrected chi connectivity index (χ2v) is 7.27. The van der Waals surface area contributed by atoms with Crippen molar-refractivity contribution in [3.8, 4) is 0 Å². The van der Waals surface area contributed by atoms with Gasteiger partial charge in [-0.2, -0.15) is 0 Å². The fourth-order valence-electron chi connectivity index (χ4n) is 2.24. The summed E-state index contributed by atoms with van der Waals surface area (Å²) in [5, 5.41) is 3.21. The van der Waals surface area contributed by atoms with Gasteiger partial charge >= 0.3 is 0 Å². The van der Waals surface area contributed by atoms with E-state index in [2.05, 4.69) is 5.32 Å². The minimum absolute atomic E-state index is 0.0350. The number of carbonyl (C=O) groups excluding carboxylic acids is 2. The molecule has 24 heavy (non-hydrogen) atoms. The van der Waals surface area contributed by atoms with Gasteiger partial charge in [-0.1, -0.05) is 48.0 Å². The van der Waals surface area contributed by atoms with Gasteiger partial charge in [-0.05, 0) is 31.0 Å². The number of nitrogens with one attached hydrogen (secondary N) is 1. The lowest BCUT2D eigenvalue weighted by Crippen LogP contribution is -2.22. The molecule has 1 N–H and O–H groups in total. The highest BCUT2D eigenvalue weighted by molar-refractivity contribution is 8.00. The Morgan fingerprint density at radius 2 is 1.79 bits per heavy atom. The Balaban J connectivity index is 1.96. The molecule has 0 aromatic heterocycles. The average molecular weight is 362 g/mol. The van der Waals surface area contributed by atoms with E-state index in [0.717, 1.165) is 16.9 Å². The van der Waals surface area contributed by atoms with Gasteiger partial charge in [0.1, 0.15) is 0 Å². The topological polar surface area (TPSA) is 46.2 Å². The molecule has 0 bridgehead atoms. The van der Waals surface area contributed by atoms with E-state index >= 15 is 0 Å². The Hall–Kier alpha value is -1.78. The van der Waals surface area contributed by atoms with Crippen molar-refractivity contribution in [3.05, 3.63) is 64.7 Å². The first-order valence-corrected chi connectivity index (χ1v) is 9.02. The van der Waals surface area contributed by atoms with Crippen LogP contribution >= 0.6 is 23.4 Å². The van der Waals surface area contributed by atoms with Crippen molar-refractivity contribution in [1.82, 2.24) is 5.32 Å². The zero-order chi connectivity index (χ0) is 17.5. The van der Waals surface area contributed by atoms with Crippen LogP contribution in [0.1, 0.15) is 29.8 Å². The maximum Gasteiger partial charge on any atom is 0.216 e. The van der Waals surface area contributed by atoms with Gasteiger partial charge in [0.2, 0.25) is 5.91 Å². The minimum atomic E-state index is -0.213. The molecule has 0 saturated heterocycles. The van der Waals surface area contributed by atoms with Crippen molar-refractivity contribution in [1.29, 1.82) is 0 Å². The summed E-state index contributed by atoms with van der Waals surface area (Å²) in [7, 11) is 0. The Morgan fingerprint density at radius 1 is 1.12 bits per heavy atom. The van der Waals surface area contributed by atoms with Crippen molar-refractivity contribution in [2.24, 2.45) is 0 Å². The smallest absolute Gasteiger partial charge is 0.216 e. The third-order valence-corrected chi connectivity index (χ3v) is 5.15. The number of hydrogen-bond donors (Lipinski definition) is 1. The zero-order valence-electron chi connectivity index (χ0n) is 13.7. The van der Waals surface area contributed by atoms with E-state index in [1.807, 2.05) is 55.5 Å². The predicted octanol–water partition coefficient (Wildman–Crippen LogP) is 4.38. The van der Waals surface area contributed by atoms with E-state index in [4.69, 9.17) is 11.6 Å². The monoisotopic (exact) mass is 361 g/mol. The van der Waals surface area contributed by atoms with E-state index in [1.54, 1.807) is 0 Å². The predicted molar refractivity (Wildman–Crippen MR) is 99.9 cm³/mol. The van der Waals surface area contributed by atoms with Crippen LogP contribution in [0.15, 0.2) is 53.4 Å². The normalized spacial score (nSPS) is 11.8. The van der Waals surface area contributed by atoms with Gasteiger partial charge in [0.15, 0.2) is 5.78 Å². The zero-order valence-corrected chi connectivity index (χ0v) is 15.3. The van der Waals surface area contributed by atoms with Crippen LogP contribution < -0.4 is 5.32 Å². The summed E-state index contributed by atoms with van der Waals surface area (Å²) < 4.78 is 0. The Morgan fingerprint density at radius 3 is 2.42 bits per heavy atom. The molecule has 3 nitrogen and oxygen atoms in total. The van der Waals surface area contributed by atoms with Crippen molar-refractivity contribution >= 4 is 35.1 Å². The molecule has 126 valence electrons. The van der Waals surface area contributed by atoms with Gasteiger partial charge in [-0.3, -0.25) is 9.59 Å². The van der Waals surface area contributed by atoms with E-state index < -0.39 is 0 Å². The molecule has 0 spiro atoms. The minimum Gasteiger partial charge on any atom is -0.356 e. The molecule has 0 heterocycles. The molecule has 1 unspecified atom stereocenters. The molecule has 0 aliphatic heterocycles.